The fraction of sp³-hybridized carbons (Fsp3) is 0.152. The fourth-order valence-electron chi connectivity index (χ4n) is 7.23. The highest BCUT2D eigenvalue weighted by Gasteiger charge is 2.67. The second kappa shape index (κ2) is 8.48. The Hall–Kier alpha value is -5.04. The SMILES string of the molecule is O=C1[C@@H]2C3c4ccccc4C(/C=N\Nc4nc5ccccc5[nH]4)(c4ccccc43)[C@@H]2C(=O)N1Cc1ccccc1. The molecule has 9 rings (SSSR count). The number of amides is 2. The van der Waals surface area contributed by atoms with Crippen LogP contribution in [0.25, 0.3) is 11.0 Å². The number of likely N-dealkylation sites (tertiary alicyclic amines) is 1. The summed E-state index contributed by atoms with van der Waals surface area (Å²) in [6.45, 7) is 0.259. The number of benzene rings is 4. The van der Waals surface area contributed by atoms with Crippen LogP contribution in [0.3, 0.4) is 0 Å². The maximum atomic E-state index is 14.3. The van der Waals surface area contributed by atoms with Gasteiger partial charge in [0.15, 0.2) is 0 Å². The van der Waals surface area contributed by atoms with Gasteiger partial charge < -0.3 is 4.98 Å². The lowest BCUT2D eigenvalue weighted by molar-refractivity contribution is -0.140. The number of H-pyrrole nitrogens is 1. The molecule has 194 valence electrons. The van der Waals surface area contributed by atoms with Crippen LogP contribution >= 0.6 is 0 Å². The number of fused-ring (bicyclic) bond motifs is 1. The maximum absolute atomic E-state index is 14.3. The van der Waals surface area contributed by atoms with Crippen molar-refractivity contribution in [1.82, 2.24) is 14.9 Å². The number of carbonyl (C=O) groups excluding carboxylic acids is 2. The van der Waals surface area contributed by atoms with E-state index < -0.39 is 17.3 Å². The van der Waals surface area contributed by atoms with Crippen molar-refractivity contribution in [3.63, 3.8) is 0 Å². The Bertz CT molecular complexity index is 1760. The van der Waals surface area contributed by atoms with E-state index in [1.165, 1.54) is 4.90 Å². The smallest absolute Gasteiger partial charge is 0.235 e. The van der Waals surface area contributed by atoms with E-state index in [9.17, 15) is 9.59 Å². The van der Waals surface area contributed by atoms with Gasteiger partial charge in [0.25, 0.3) is 0 Å². The van der Waals surface area contributed by atoms with Gasteiger partial charge in [0.2, 0.25) is 17.8 Å². The van der Waals surface area contributed by atoms with E-state index in [4.69, 9.17) is 5.10 Å². The molecule has 4 aliphatic rings. The van der Waals surface area contributed by atoms with E-state index in [1.54, 1.807) is 0 Å². The Morgan fingerprint density at radius 2 is 1.48 bits per heavy atom. The van der Waals surface area contributed by atoms with Crippen LogP contribution in [0.2, 0.25) is 0 Å². The first-order valence-electron chi connectivity index (χ1n) is 13.5. The van der Waals surface area contributed by atoms with Gasteiger partial charge in [-0.2, -0.15) is 5.10 Å². The van der Waals surface area contributed by atoms with Crippen LogP contribution in [0.4, 0.5) is 5.95 Å². The summed E-state index contributed by atoms with van der Waals surface area (Å²) < 4.78 is 0. The van der Waals surface area contributed by atoms with E-state index in [0.717, 1.165) is 38.9 Å². The van der Waals surface area contributed by atoms with Gasteiger partial charge in [0, 0.05) is 12.1 Å². The number of nitrogens with zero attached hydrogens (tertiary/aromatic N) is 3. The Kier molecular flexibility index (Phi) is 4.85. The largest absolute Gasteiger partial charge is 0.323 e. The molecule has 1 saturated heterocycles. The molecular formula is C33H25N5O2. The van der Waals surface area contributed by atoms with Crippen LogP contribution in [0.1, 0.15) is 33.7 Å². The normalized spacial score (nSPS) is 24.4. The van der Waals surface area contributed by atoms with Crippen molar-refractivity contribution in [2.45, 2.75) is 17.9 Å². The maximum Gasteiger partial charge on any atom is 0.235 e. The number of aromatic nitrogens is 2. The van der Waals surface area contributed by atoms with Crippen molar-refractivity contribution in [2.75, 3.05) is 5.43 Å². The number of imide groups is 1. The predicted molar refractivity (Wildman–Crippen MR) is 153 cm³/mol. The number of hydrazone groups is 1. The molecule has 7 nitrogen and oxygen atoms in total. The summed E-state index contributed by atoms with van der Waals surface area (Å²) in [6, 6.07) is 33.9. The second-order valence-electron chi connectivity index (χ2n) is 10.7. The van der Waals surface area contributed by atoms with Crippen LogP contribution < -0.4 is 5.43 Å². The molecule has 1 aromatic heterocycles. The molecule has 0 unspecified atom stereocenters. The number of imidazole rings is 1. The van der Waals surface area contributed by atoms with Gasteiger partial charge in [-0.15, -0.1) is 0 Å². The number of nitrogens with one attached hydrogen (secondary N) is 2. The van der Waals surface area contributed by atoms with Crippen molar-refractivity contribution >= 4 is 35.0 Å². The molecule has 2 N–H and O–H groups in total. The number of rotatable bonds is 5. The van der Waals surface area contributed by atoms with E-state index in [-0.39, 0.29) is 24.3 Å². The van der Waals surface area contributed by atoms with E-state index in [0.29, 0.717) is 5.95 Å². The zero-order chi connectivity index (χ0) is 26.8. The molecule has 4 aromatic carbocycles. The summed E-state index contributed by atoms with van der Waals surface area (Å²) in [6.07, 6.45) is 1.84. The zero-order valence-electron chi connectivity index (χ0n) is 21.5. The van der Waals surface area contributed by atoms with Crippen LogP contribution in [0.15, 0.2) is 108 Å². The number of aromatic amines is 1. The molecular weight excluding hydrogens is 498 g/mol. The summed E-state index contributed by atoms with van der Waals surface area (Å²) in [7, 11) is 0. The van der Waals surface area contributed by atoms with Crippen LogP contribution in [-0.2, 0) is 21.5 Å². The minimum Gasteiger partial charge on any atom is -0.323 e. The number of para-hydroxylation sites is 2. The van der Waals surface area contributed by atoms with Crippen LogP contribution in [-0.4, -0.2) is 32.9 Å². The minimum atomic E-state index is -0.913. The molecule has 2 atom stereocenters. The second-order valence-corrected chi connectivity index (χ2v) is 10.7. The Morgan fingerprint density at radius 3 is 2.20 bits per heavy atom. The van der Waals surface area contributed by atoms with Gasteiger partial charge in [-0.1, -0.05) is 91.0 Å². The molecule has 40 heavy (non-hydrogen) atoms. The molecule has 2 bridgehead atoms. The molecule has 0 radical (unpaired) electrons. The van der Waals surface area contributed by atoms with Crippen molar-refractivity contribution in [1.29, 1.82) is 0 Å². The molecule has 5 aromatic rings. The highest BCUT2D eigenvalue weighted by Crippen LogP contribution is 2.63. The lowest BCUT2D eigenvalue weighted by Crippen LogP contribution is -2.54. The standard InChI is InChI=1S/C33H25N5O2/c39-30-28-27-21-12-4-6-14-23(21)33(24-15-7-5-13-22(24)27,19-34-37-32-35-25-16-8-9-17-26(25)36-32)29(28)31(40)38(30)18-20-10-2-1-3-11-20/h1-17,19,27-29H,18H2,(H2,35,36,37)/b34-19-/t27?,28-,29+,33?/m1/s1. The monoisotopic (exact) mass is 523 g/mol. The average Bonchev–Trinajstić information content (AvgIpc) is 3.52. The zero-order valence-corrected chi connectivity index (χ0v) is 21.5. The third-order valence-corrected chi connectivity index (χ3v) is 8.79. The molecule has 1 aliphatic heterocycles. The first kappa shape index (κ1) is 22.9. The number of carbonyl (C=O) groups is 2. The number of anilines is 1. The Morgan fingerprint density at radius 1 is 0.825 bits per heavy atom. The lowest BCUT2D eigenvalue weighted by Gasteiger charge is -2.52. The molecule has 2 amide bonds. The molecule has 1 fully saturated rings. The van der Waals surface area contributed by atoms with Crippen molar-refractivity contribution in [3.8, 4) is 0 Å². The molecule has 7 heteroatoms. The summed E-state index contributed by atoms with van der Waals surface area (Å²) in [5.41, 5.74) is 9.04. The fourth-order valence-corrected chi connectivity index (χ4v) is 7.23. The van der Waals surface area contributed by atoms with Gasteiger partial charge in [-0.3, -0.25) is 14.5 Å². The lowest BCUT2D eigenvalue weighted by atomic mass is 9.47. The van der Waals surface area contributed by atoms with Gasteiger partial charge >= 0.3 is 0 Å². The number of hydrogen-bond donors (Lipinski definition) is 2. The quantitative estimate of drug-likeness (QED) is 0.188. The van der Waals surface area contributed by atoms with Crippen molar-refractivity contribution in [2.24, 2.45) is 16.9 Å². The molecule has 0 spiro atoms. The van der Waals surface area contributed by atoms with Gasteiger partial charge in [0.1, 0.15) is 0 Å². The molecule has 2 heterocycles. The van der Waals surface area contributed by atoms with Crippen molar-refractivity contribution in [3.05, 3.63) is 131 Å². The molecule has 0 saturated carbocycles. The van der Waals surface area contributed by atoms with E-state index in [1.807, 2.05) is 85.1 Å². The summed E-state index contributed by atoms with van der Waals surface area (Å²) in [4.78, 5) is 37.7. The van der Waals surface area contributed by atoms with Crippen LogP contribution in [0.5, 0.6) is 0 Å². The first-order valence-corrected chi connectivity index (χ1v) is 13.5. The average molecular weight is 524 g/mol. The third kappa shape index (κ3) is 3.06. The highest BCUT2D eigenvalue weighted by atomic mass is 16.2. The van der Waals surface area contributed by atoms with Crippen molar-refractivity contribution < 1.29 is 9.59 Å². The first-order chi connectivity index (χ1) is 19.7. The minimum absolute atomic E-state index is 0.115. The Labute approximate surface area is 230 Å². The predicted octanol–water partition coefficient (Wildman–Crippen LogP) is 5.21. The summed E-state index contributed by atoms with van der Waals surface area (Å²) in [5.74, 6) is -1.04. The topological polar surface area (TPSA) is 90.5 Å². The third-order valence-electron chi connectivity index (χ3n) is 8.79. The van der Waals surface area contributed by atoms with Gasteiger partial charge in [0.05, 0.1) is 34.8 Å². The van der Waals surface area contributed by atoms with Crippen LogP contribution in [0, 0.1) is 11.8 Å². The summed E-state index contributed by atoms with van der Waals surface area (Å²) in [5, 5.41) is 4.70. The van der Waals surface area contributed by atoms with E-state index >= 15 is 0 Å². The highest BCUT2D eigenvalue weighted by molar-refractivity contribution is 6.11. The van der Waals surface area contributed by atoms with Gasteiger partial charge in [-0.05, 0) is 39.9 Å². The summed E-state index contributed by atoms with van der Waals surface area (Å²) >= 11 is 0. The van der Waals surface area contributed by atoms with E-state index in [2.05, 4.69) is 39.7 Å². The Balaban J connectivity index is 1.28. The number of hydrogen-bond acceptors (Lipinski definition) is 5. The van der Waals surface area contributed by atoms with Gasteiger partial charge in [-0.25, -0.2) is 10.4 Å². The molecule has 3 aliphatic carbocycles.